The molecular formula is C28H29N5O2S. The molecule has 1 saturated heterocycles. The SMILES string of the molecule is Cc1ccc(-n2c(SC(C)C(=O)Nc3ccccc3-c3ccccc3)nnc2N2CCOCC2)cc1. The van der Waals surface area contributed by atoms with Gasteiger partial charge in [-0.3, -0.25) is 9.36 Å². The third-order valence-corrected chi connectivity index (χ3v) is 7.17. The van der Waals surface area contributed by atoms with Crippen LogP contribution in [0, 0.1) is 6.92 Å². The molecule has 1 aromatic heterocycles. The molecule has 184 valence electrons. The van der Waals surface area contributed by atoms with E-state index in [-0.39, 0.29) is 11.2 Å². The number of morpholine rings is 1. The number of hydrogen-bond donors (Lipinski definition) is 1. The van der Waals surface area contributed by atoms with Crippen molar-refractivity contribution < 1.29 is 9.53 Å². The first kappa shape index (κ1) is 24.1. The van der Waals surface area contributed by atoms with Gasteiger partial charge in [0.25, 0.3) is 0 Å². The average molecular weight is 500 g/mol. The predicted octanol–water partition coefficient (Wildman–Crippen LogP) is 5.20. The Kier molecular flexibility index (Phi) is 7.34. The monoisotopic (exact) mass is 499 g/mol. The van der Waals surface area contributed by atoms with Crippen LogP contribution in [0.2, 0.25) is 0 Å². The van der Waals surface area contributed by atoms with Crippen molar-refractivity contribution in [3.63, 3.8) is 0 Å². The Labute approximate surface area is 215 Å². The molecule has 3 aromatic carbocycles. The predicted molar refractivity (Wildman–Crippen MR) is 145 cm³/mol. The molecule has 5 rings (SSSR count). The summed E-state index contributed by atoms with van der Waals surface area (Å²) in [6.07, 6.45) is 0. The Morgan fingerprint density at radius 2 is 1.64 bits per heavy atom. The quantitative estimate of drug-likeness (QED) is 0.353. The lowest BCUT2D eigenvalue weighted by molar-refractivity contribution is -0.115. The number of rotatable bonds is 7. The third kappa shape index (κ3) is 5.29. The summed E-state index contributed by atoms with van der Waals surface area (Å²) in [7, 11) is 0. The number of nitrogens with one attached hydrogen (secondary N) is 1. The van der Waals surface area contributed by atoms with Crippen LogP contribution in [0.1, 0.15) is 12.5 Å². The molecule has 0 bridgehead atoms. The summed E-state index contributed by atoms with van der Waals surface area (Å²) in [4.78, 5) is 15.5. The maximum atomic E-state index is 13.3. The molecular weight excluding hydrogens is 470 g/mol. The zero-order chi connectivity index (χ0) is 24.9. The number of para-hydroxylation sites is 1. The second-order valence-corrected chi connectivity index (χ2v) is 10.0. The topological polar surface area (TPSA) is 72.3 Å². The highest BCUT2D eigenvalue weighted by molar-refractivity contribution is 8.00. The van der Waals surface area contributed by atoms with Crippen molar-refractivity contribution in [2.24, 2.45) is 0 Å². The van der Waals surface area contributed by atoms with Gasteiger partial charge < -0.3 is 15.0 Å². The molecule has 0 radical (unpaired) electrons. The number of amides is 1. The van der Waals surface area contributed by atoms with Crippen molar-refractivity contribution in [3.05, 3.63) is 84.4 Å². The zero-order valence-corrected chi connectivity index (χ0v) is 21.2. The number of hydrogen-bond acceptors (Lipinski definition) is 6. The fraction of sp³-hybridized carbons (Fsp3) is 0.250. The van der Waals surface area contributed by atoms with E-state index in [1.165, 1.54) is 17.3 Å². The lowest BCUT2D eigenvalue weighted by atomic mass is 10.0. The normalized spacial score (nSPS) is 14.4. The number of ether oxygens (including phenoxy) is 1. The van der Waals surface area contributed by atoms with Crippen LogP contribution < -0.4 is 10.2 Å². The highest BCUT2D eigenvalue weighted by Gasteiger charge is 2.25. The van der Waals surface area contributed by atoms with Gasteiger partial charge in [0.05, 0.1) is 24.2 Å². The lowest BCUT2D eigenvalue weighted by Gasteiger charge is -2.28. The first-order chi connectivity index (χ1) is 17.6. The van der Waals surface area contributed by atoms with Crippen LogP contribution >= 0.6 is 11.8 Å². The zero-order valence-electron chi connectivity index (χ0n) is 20.4. The minimum atomic E-state index is -0.389. The summed E-state index contributed by atoms with van der Waals surface area (Å²) in [5.74, 6) is 0.682. The number of nitrogens with zero attached hydrogens (tertiary/aromatic N) is 4. The second kappa shape index (κ2) is 11.0. The molecule has 4 aromatic rings. The van der Waals surface area contributed by atoms with Crippen LogP contribution in [0.4, 0.5) is 11.6 Å². The molecule has 1 unspecified atom stereocenters. The molecule has 2 heterocycles. The smallest absolute Gasteiger partial charge is 0.237 e. The highest BCUT2D eigenvalue weighted by Crippen LogP contribution is 2.32. The van der Waals surface area contributed by atoms with Gasteiger partial charge in [0.1, 0.15) is 0 Å². The van der Waals surface area contributed by atoms with Gasteiger partial charge >= 0.3 is 0 Å². The van der Waals surface area contributed by atoms with Crippen molar-refractivity contribution in [2.45, 2.75) is 24.3 Å². The highest BCUT2D eigenvalue weighted by atomic mass is 32.2. The molecule has 7 nitrogen and oxygen atoms in total. The van der Waals surface area contributed by atoms with Crippen LogP contribution in [0.3, 0.4) is 0 Å². The summed E-state index contributed by atoms with van der Waals surface area (Å²) in [6, 6.07) is 26.2. The molecule has 1 atom stereocenters. The summed E-state index contributed by atoms with van der Waals surface area (Å²) >= 11 is 1.40. The Morgan fingerprint density at radius 3 is 2.39 bits per heavy atom. The number of carbonyl (C=O) groups is 1. The van der Waals surface area contributed by atoms with Gasteiger partial charge in [-0.1, -0.05) is 78.0 Å². The lowest BCUT2D eigenvalue weighted by Crippen LogP contribution is -2.38. The molecule has 0 aliphatic carbocycles. The van der Waals surface area contributed by atoms with E-state index in [2.05, 4.69) is 51.6 Å². The van der Waals surface area contributed by atoms with E-state index in [4.69, 9.17) is 4.74 Å². The summed E-state index contributed by atoms with van der Waals surface area (Å²) in [5, 5.41) is 12.4. The summed E-state index contributed by atoms with van der Waals surface area (Å²) < 4.78 is 7.57. The Morgan fingerprint density at radius 1 is 0.944 bits per heavy atom. The van der Waals surface area contributed by atoms with Crippen LogP contribution in [-0.2, 0) is 9.53 Å². The van der Waals surface area contributed by atoms with Crippen LogP contribution in [0.15, 0.2) is 84.0 Å². The largest absolute Gasteiger partial charge is 0.378 e. The van der Waals surface area contributed by atoms with E-state index in [9.17, 15) is 4.79 Å². The van der Waals surface area contributed by atoms with E-state index < -0.39 is 0 Å². The summed E-state index contributed by atoms with van der Waals surface area (Å²) in [5.41, 5.74) is 4.98. The first-order valence-electron chi connectivity index (χ1n) is 12.1. The van der Waals surface area contributed by atoms with Gasteiger partial charge in [-0.05, 0) is 37.6 Å². The minimum Gasteiger partial charge on any atom is -0.378 e. The average Bonchev–Trinajstić information content (AvgIpc) is 3.34. The molecule has 0 spiro atoms. The number of aryl methyl sites for hydroxylation is 1. The van der Waals surface area contributed by atoms with Crippen LogP contribution in [0.25, 0.3) is 16.8 Å². The van der Waals surface area contributed by atoms with E-state index in [1.54, 1.807) is 0 Å². The van der Waals surface area contributed by atoms with E-state index in [1.807, 2.05) is 66.1 Å². The van der Waals surface area contributed by atoms with Crippen molar-refractivity contribution >= 4 is 29.3 Å². The summed E-state index contributed by atoms with van der Waals surface area (Å²) in [6.45, 7) is 6.77. The molecule has 36 heavy (non-hydrogen) atoms. The molecule has 1 fully saturated rings. The Balaban J connectivity index is 1.39. The molecule has 1 aliphatic heterocycles. The fourth-order valence-electron chi connectivity index (χ4n) is 4.13. The maximum Gasteiger partial charge on any atom is 0.237 e. The van der Waals surface area contributed by atoms with Crippen molar-refractivity contribution in [1.29, 1.82) is 0 Å². The van der Waals surface area contributed by atoms with E-state index >= 15 is 0 Å². The number of anilines is 2. The standard InChI is InChI=1S/C28H29N5O2S/c1-20-12-14-23(15-13-20)33-27(32-16-18-35-19-17-32)30-31-28(33)36-21(2)26(34)29-25-11-7-6-10-24(25)22-8-4-3-5-9-22/h3-15,21H,16-19H2,1-2H3,(H,29,34). The van der Waals surface area contributed by atoms with Gasteiger partial charge in [-0.2, -0.15) is 0 Å². The van der Waals surface area contributed by atoms with E-state index in [0.29, 0.717) is 18.4 Å². The number of thioether (sulfide) groups is 1. The Bertz CT molecular complexity index is 1320. The first-order valence-corrected chi connectivity index (χ1v) is 13.0. The van der Waals surface area contributed by atoms with Gasteiger partial charge in [-0.15, -0.1) is 10.2 Å². The van der Waals surface area contributed by atoms with Crippen LogP contribution in [0.5, 0.6) is 0 Å². The minimum absolute atomic E-state index is 0.0882. The molecule has 1 aliphatic rings. The number of aromatic nitrogens is 3. The fourth-order valence-corrected chi connectivity index (χ4v) is 5.00. The number of benzene rings is 3. The molecule has 0 saturated carbocycles. The van der Waals surface area contributed by atoms with Gasteiger partial charge in [0.15, 0.2) is 5.16 Å². The second-order valence-electron chi connectivity index (χ2n) is 8.71. The van der Waals surface area contributed by atoms with Crippen LogP contribution in [-0.4, -0.2) is 52.2 Å². The molecule has 1 N–H and O–H groups in total. The number of carbonyl (C=O) groups excluding carboxylic acids is 1. The molecule has 1 amide bonds. The Hall–Kier alpha value is -3.62. The van der Waals surface area contributed by atoms with Crippen molar-refractivity contribution in [2.75, 3.05) is 36.5 Å². The van der Waals surface area contributed by atoms with Crippen molar-refractivity contribution in [3.8, 4) is 16.8 Å². The van der Waals surface area contributed by atoms with Gasteiger partial charge in [0.2, 0.25) is 11.9 Å². The van der Waals surface area contributed by atoms with Crippen molar-refractivity contribution in [1.82, 2.24) is 14.8 Å². The van der Waals surface area contributed by atoms with Gasteiger partial charge in [0, 0.05) is 24.3 Å². The molecule has 8 heteroatoms. The van der Waals surface area contributed by atoms with Gasteiger partial charge in [-0.25, -0.2) is 0 Å². The van der Waals surface area contributed by atoms with E-state index in [0.717, 1.165) is 41.5 Å². The third-order valence-electron chi connectivity index (χ3n) is 6.12. The maximum absolute atomic E-state index is 13.3.